The maximum absolute atomic E-state index is 12.4. The van der Waals surface area contributed by atoms with Crippen molar-refractivity contribution in [1.82, 2.24) is 4.98 Å². The van der Waals surface area contributed by atoms with Gasteiger partial charge in [-0.2, -0.15) is 0 Å². The number of aromatic nitrogens is 1. The van der Waals surface area contributed by atoms with Crippen LogP contribution in [0.1, 0.15) is 17.3 Å². The molecule has 0 fully saturated rings. The van der Waals surface area contributed by atoms with E-state index in [0.717, 1.165) is 0 Å². The summed E-state index contributed by atoms with van der Waals surface area (Å²) >= 11 is 0. The molecule has 0 aliphatic carbocycles. The zero-order chi connectivity index (χ0) is 23.3. The van der Waals surface area contributed by atoms with Gasteiger partial charge in [0.05, 0.1) is 19.8 Å². The van der Waals surface area contributed by atoms with Crippen molar-refractivity contribution in [2.75, 3.05) is 30.2 Å². The number of methoxy groups -OCH3 is 2. The predicted molar refractivity (Wildman–Crippen MR) is 121 cm³/mol. The van der Waals surface area contributed by atoms with E-state index in [2.05, 4.69) is 20.9 Å². The Kier molecular flexibility index (Phi) is 6.64. The molecule has 0 saturated carbocycles. The van der Waals surface area contributed by atoms with E-state index in [4.69, 9.17) is 15.2 Å². The molecule has 1 aromatic heterocycles. The van der Waals surface area contributed by atoms with Crippen LogP contribution in [0.3, 0.4) is 0 Å². The number of amides is 4. The van der Waals surface area contributed by atoms with Crippen molar-refractivity contribution in [3.8, 4) is 22.6 Å². The molecule has 0 aliphatic rings. The highest BCUT2D eigenvalue weighted by atomic mass is 16.5. The van der Waals surface area contributed by atoms with Crippen molar-refractivity contribution in [3.05, 3.63) is 54.2 Å². The maximum atomic E-state index is 12.4. The van der Waals surface area contributed by atoms with E-state index in [1.165, 1.54) is 21.1 Å². The summed E-state index contributed by atoms with van der Waals surface area (Å²) in [6.07, 6.45) is 1.58. The Hall–Kier alpha value is -4.47. The number of hydrogen-bond donors (Lipinski definition) is 5. The van der Waals surface area contributed by atoms with Crippen LogP contribution in [0, 0.1) is 0 Å². The number of carbonyl (C=O) groups is 3. The standard InChI is InChI=1S/C22H23N5O5/c1-12(28)25-21-19(20(23)29)18(11-24-21)13-4-6-14(7-5-13)26-22(30)27-15-8-16(31-2)10-17(9-15)32-3/h4-11,24H,1-3H3,(H2,23,29)(H,25,28)(H2,26,27,30). The summed E-state index contributed by atoms with van der Waals surface area (Å²) in [4.78, 5) is 38.5. The molecule has 0 radical (unpaired) electrons. The molecule has 0 aliphatic heterocycles. The minimum Gasteiger partial charge on any atom is -0.497 e. The highest BCUT2D eigenvalue weighted by Crippen LogP contribution is 2.30. The SMILES string of the molecule is COc1cc(NC(=O)Nc2ccc(-c3c[nH]c(NC(C)=O)c3C(N)=O)cc2)cc(OC)c1. The number of primary amides is 1. The lowest BCUT2D eigenvalue weighted by Crippen LogP contribution is -2.19. The lowest BCUT2D eigenvalue weighted by Gasteiger charge is -2.11. The molecule has 6 N–H and O–H groups in total. The molecule has 10 heteroatoms. The Labute approximate surface area is 184 Å². The van der Waals surface area contributed by atoms with E-state index in [0.29, 0.717) is 34.0 Å². The normalized spacial score (nSPS) is 10.2. The average molecular weight is 437 g/mol. The Balaban J connectivity index is 1.74. The number of rotatable bonds is 7. The van der Waals surface area contributed by atoms with Crippen molar-refractivity contribution < 1.29 is 23.9 Å². The van der Waals surface area contributed by atoms with Crippen LogP contribution in [0.4, 0.5) is 22.0 Å². The van der Waals surface area contributed by atoms with Crippen molar-refractivity contribution in [2.45, 2.75) is 6.92 Å². The largest absolute Gasteiger partial charge is 0.497 e. The number of benzene rings is 2. The van der Waals surface area contributed by atoms with E-state index in [1.54, 1.807) is 48.7 Å². The summed E-state index contributed by atoms with van der Waals surface area (Å²) in [6, 6.07) is 11.4. The first kappa shape index (κ1) is 22.2. The zero-order valence-electron chi connectivity index (χ0n) is 17.7. The van der Waals surface area contributed by atoms with E-state index in [9.17, 15) is 14.4 Å². The Morgan fingerprint density at radius 1 is 0.875 bits per heavy atom. The van der Waals surface area contributed by atoms with Gasteiger partial charge in [-0.1, -0.05) is 12.1 Å². The van der Waals surface area contributed by atoms with Crippen molar-refractivity contribution in [2.24, 2.45) is 5.73 Å². The number of nitrogens with two attached hydrogens (primary N) is 1. The van der Waals surface area contributed by atoms with Crippen LogP contribution in [0.5, 0.6) is 11.5 Å². The van der Waals surface area contributed by atoms with Gasteiger partial charge in [0.2, 0.25) is 5.91 Å². The number of urea groups is 1. The van der Waals surface area contributed by atoms with Gasteiger partial charge < -0.3 is 36.1 Å². The highest BCUT2D eigenvalue weighted by Gasteiger charge is 2.18. The summed E-state index contributed by atoms with van der Waals surface area (Å²) in [6.45, 7) is 1.33. The second kappa shape index (κ2) is 9.56. The van der Waals surface area contributed by atoms with Crippen LogP contribution in [0.2, 0.25) is 0 Å². The summed E-state index contributed by atoms with van der Waals surface area (Å²) in [5.74, 6) is 0.300. The fraction of sp³-hybridized carbons (Fsp3) is 0.136. The van der Waals surface area contributed by atoms with Gasteiger partial charge in [-0.05, 0) is 17.7 Å². The molecule has 32 heavy (non-hydrogen) atoms. The predicted octanol–water partition coefficient (Wildman–Crippen LogP) is 3.40. The fourth-order valence-electron chi connectivity index (χ4n) is 3.09. The van der Waals surface area contributed by atoms with Gasteiger partial charge in [-0.25, -0.2) is 4.79 Å². The molecule has 0 unspecified atom stereocenters. The third-order valence-corrected chi connectivity index (χ3v) is 4.49. The second-order valence-electron chi connectivity index (χ2n) is 6.76. The summed E-state index contributed by atoms with van der Waals surface area (Å²) < 4.78 is 10.4. The van der Waals surface area contributed by atoms with Crippen LogP contribution in [0.15, 0.2) is 48.7 Å². The van der Waals surface area contributed by atoms with Crippen LogP contribution >= 0.6 is 0 Å². The monoisotopic (exact) mass is 437 g/mol. The lowest BCUT2D eigenvalue weighted by molar-refractivity contribution is -0.114. The van der Waals surface area contributed by atoms with Gasteiger partial charge in [0, 0.05) is 48.3 Å². The fourth-order valence-corrected chi connectivity index (χ4v) is 3.09. The first-order valence-corrected chi connectivity index (χ1v) is 9.51. The van der Waals surface area contributed by atoms with E-state index in [1.807, 2.05) is 0 Å². The molecular weight excluding hydrogens is 414 g/mol. The molecule has 10 nitrogen and oxygen atoms in total. The number of aromatic amines is 1. The lowest BCUT2D eigenvalue weighted by atomic mass is 10.0. The summed E-state index contributed by atoms with van der Waals surface area (Å²) in [5.41, 5.74) is 7.89. The average Bonchev–Trinajstić information content (AvgIpc) is 3.16. The van der Waals surface area contributed by atoms with Crippen molar-refractivity contribution in [1.29, 1.82) is 0 Å². The van der Waals surface area contributed by atoms with Gasteiger partial charge >= 0.3 is 6.03 Å². The maximum Gasteiger partial charge on any atom is 0.323 e. The minimum atomic E-state index is -0.680. The summed E-state index contributed by atoms with van der Waals surface area (Å²) in [5, 5.41) is 7.98. The van der Waals surface area contributed by atoms with Crippen LogP contribution in [0.25, 0.3) is 11.1 Å². The molecule has 0 saturated heterocycles. The van der Waals surface area contributed by atoms with Gasteiger partial charge in [0.15, 0.2) is 0 Å². The van der Waals surface area contributed by atoms with E-state index < -0.39 is 11.9 Å². The van der Waals surface area contributed by atoms with Crippen molar-refractivity contribution in [3.63, 3.8) is 0 Å². The number of H-pyrrole nitrogens is 1. The topological polar surface area (TPSA) is 148 Å². The number of anilines is 3. The van der Waals surface area contributed by atoms with Crippen LogP contribution in [-0.4, -0.2) is 37.0 Å². The molecule has 0 spiro atoms. The molecule has 2 aromatic carbocycles. The van der Waals surface area contributed by atoms with Gasteiger partial charge in [0.1, 0.15) is 17.3 Å². The third-order valence-electron chi connectivity index (χ3n) is 4.49. The number of carbonyl (C=O) groups excluding carboxylic acids is 3. The minimum absolute atomic E-state index is 0.172. The highest BCUT2D eigenvalue weighted by molar-refractivity contribution is 6.07. The van der Waals surface area contributed by atoms with E-state index >= 15 is 0 Å². The smallest absolute Gasteiger partial charge is 0.323 e. The first-order valence-electron chi connectivity index (χ1n) is 9.51. The van der Waals surface area contributed by atoms with Crippen LogP contribution in [-0.2, 0) is 4.79 Å². The molecular formula is C22H23N5O5. The number of hydrogen-bond acceptors (Lipinski definition) is 5. The Bertz CT molecular complexity index is 1130. The van der Waals surface area contributed by atoms with Gasteiger partial charge in [-0.15, -0.1) is 0 Å². The molecule has 0 bridgehead atoms. The molecule has 3 rings (SSSR count). The Morgan fingerprint density at radius 3 is 2.00 bits per heavy atom. The molecule has 3 aromatic rings. The van der Waals surface area contributed by atoms with Crippen molar-refractivity contribution >= 4 is 35.0 Å². The second-order valence-corrected chi connectivity index (χ2v) is 6.76. The Morgan fingerprint density at radius 2 is 1.47 bits per heavy atom. The summed E-state index contributed by atoms with van der Waals surface area (Å²) in [7, 11) is 3.04. The quantitative estimate of drug-likeness (QED) is 0.384. The molecule has 1 heterocycles. The molecule has 166 valence electrons. The van der Waals surface area contributed by atoms with Gasteiger partial charge in [0.25, 0.3) is 5.91 Å². The molecule has 0 atom stereocenters. The van der Waals surface area contributed by atoms with Gasteiger partial charge in [-0.3, -0.25) is 9.59 Å². The zero-order valence-corrected chi connectivity index (χ0v) is 17.7. The first-order chi connectivity index (χ1) is 15.3. The van der Waals surface area contributed by atoms with Crippen LogP contribution < -0.4 is 31.2 Å². The van der Waals surface area contributed by atoms with E-state index in [-0.39, 0.29) is 17.3 Å². The third kappa shape index (κ3) is 5.17. The number of ether oxygens (including phenoxy) is 2. The molecule has 4 amide bonds. The number of nitrogens with one attached hydrogen (secondary N) is 4.